The zero-order chi connectivity index (χ0) is 25.0. The zero-order valence-electron chi connectivity index (χ0n) is 19.7. The van der Waals surface area contributed by atoms with Gasteiger partial charge in [-0.25, -0.2) is 0 Å². The van der Waals surface area contributed by atoms with Gasteiger partial charge in [-0.3, -0.25) is 4.79 Å². The fourth-order valence-electron chi connectivity index (χ4n) is 2.36. The molecule has 0 fully saturated rings. The molecule has 0 aromatic carbocycles. The number of nitrogens with zero attached hydrogens (tertiary/aromatic N) is 7. The third-order valence-corrected chi connectivity index (χ3v) is 4.16. The molecule has 0 spiro atoms. The van der Waals surface area contributed by atoms with Crippen molar-refractivity contribution >= 4 is 18.5 Å². The Hall–Kier alpha value is -1.80. The van der Waals surface area contributed by atoms with E-state index in [4.69, 9.17) is 39.5 Å². The lowest BCUT2D eigenvalue weighted by molar-refractivity contribution is -0.134. The molecule has 0 saturated heterocycles. The summed E-state index contributed by atoms with van der Waals surface area (Å²) in [4.78, 5) is 19.5. The van der Waals surface area contributed by atoms with Crippen LogP contribution in [0.3, 0.4) is 0 Å². The molecule has 0 atom stereocenters. The van der Waals surface area contributed by atoms with E-state index in [-0.39, 0.29) is 25.4 Å². The fraction of sp³-hybridized carbons (Fsp3) is 0.947. The minimum absolute atomic E-state index is 0.0558. The van der Waals surface area contributed by atoms with Crippen LogP contribution >= 0.6 is 12.6 Å². The number of amides is 1. The molecule has 15 heteroatoms. The van der Waals surface area contributed by atoms with Gasteiger partial charge in [0.25, 0.3) is 0 Å². The molecule has 0 radical (unpaired) electrons. The molecule has 0 rings (SSSR count). The Morgan fingerprint density at radius 2 is 1.06 bits per heavy atom. The summed E-state index contributed by atoms with van der Waals surface area (Å²) in [5.41, 5.74) is 16.4. The van der Waals surface area contributed by atoms with Crippen LogP contribution in [0.15, 0.2) is 10.2 Å². The van der Waals surface area contributed by atoms with Crippen LogP contribution in [0.4, 0.5) is 0 Å². The van der Waals surface area contributed by atoms with Gasteiger partial charge in [0.15, 0.2) is 0 Å². The smallest absolute Gasteiger partial charge is 0.225 e. The topological polar surface area (TPSA) is 173 Å². The summed E-state index contributed by atoms with van der Waals surface area (Å²) in [6, 6.07) is 0. The van der Waals surface area contributed by atoms with E-state index in [1.54, 1.807) is 4.90 Å². The molecule has 196 valence electrons. The van der Waals surface area contributed by atoms with Gasteiger partial charge in [0, 0.05) is 41.8 Å². The van der Waals surface area contributed by atoms with E-state index in [0.29, 0.717) is 98.1 Å². The summed E-state index contributed by atoms with van der Waals surface area (Å²) in [7, 11) is 0. The second-order valence-electron chi connectivity index (χ2n) is 6.44. The maximum atomic E-state index is 12.6. The number of hydrogen-bond acceptors (Lipinski definition) is 10. The van der Waals surface area contributed by atoms with Crippen molar-refractivity contribution in [3.63, 3.8) is 0 Å². The van der Waals surface area contributed by atoms with Crippen molar-refractivity contribution in [1.29, 1.82) is 0 Å². The largest absolute Gasteiger partial charge is 0.379 e. The fourth-order valence-corrected chi connectivity index (χ4v) is 2.49. The maximum absolute atomic E-state index is 12.6. The van der Waals surface area contributed by atoms with Crippen LogP contribution in [0, 0.1) is 0 Å². The molecule has 0 saturated carbocycles. The monoisotopic (exact) mass is 507 g/mol. The first-order valence-electron chi connectivity index (χ1n) is 11.1. The van der Waals surface area contributed by atoms with Gasteiger partial charge in [0.05, 0.1) is 85.7 Å². The Labute approximate surface area is 205 Å². The van der Waals surface area contributed by atoms with Crippen molar-refractivity contribution in [1.82, 2.24) is 4.90 Å². The summed E-state index contributed by atoms with van der Waals surface area (Å²) in [5.74, 6) is 0.598. The summed E-state index contributed by atoms with van der Waals surface area (Å²) in [6.07, 6.45) is 0.248. The van der Waals surface area contributed by atoms with Crippen LogP contribution in [-0.2, 0) is 33.2 Å². The molecular formula is C19H37N7O7S. The van der Waals surface area contributed by atoms with Gasteiger partial charge in [-0.1, -0.05) is 10.2 Å². The third-order valence-electron chi connectivity index (χ3n) is 3.97. The van der Waals surface area contributed by atoms with E-state index in [1.165, 1.54) is 0 Å². The average molecular weight is 508 g/mol. The SMILES string of the molecule is [N-]=[N+]=NCCOCCOCCN(CCOCCOCCN=[N+]=[N-])C(=O)CCOCCOCCS. The van der Waals surface area contributed by atoms with Crippen molar-refractivity contribution in [3.05, 3.63) is 20.9 Å². The van der Waals surface area contributed by atoms with Gasteiger partial charge in [-0.05, 0) is 11.1 Å². The summed E-state index contributed by atoms with van der Waals surface area (Å²) in [6.45, 7) is 6.02. The quantitative estimate of drug-likeness (QED) is 0.0611. The predicted molar refractivity (Wildman–Crippen MR) is 128 cm³/mol. The van der Waals surface area contributed by atoms with Gasteiger partial charge in [0.1, 0.15) is 0 Å². The Bertz CT molecular complexity index is 545. The first-order chi connectivity index (χ1) is 16.8. The molecule has 0 unspecified atom stereocenters. The lowest BCUT2D eigenvalue weighted by Crippen LogP contribution is -2.37. The van der Waals surface area contributed by atoms with Crippen LogP contribution in [0.1, 0.15) is 6.42 Å². The van der Waals surface area contributed by atoms with E-state index in [9.17, 15) is 4.79 Å². The predicted octanol–water partition coefficient (Wildman–Crippen LogP) is 1.86. The molecule has 0 bridgehead atoms. The number of ether oxygens (including phenoxy) is 6. The molecular weight excluding hydrogens is 470 g/mol. The summed E-state index contributed by atoms with van der Waals surface area (Å²) < 4.78 is 32.3. The highest BCUT2D eigenvalue weighted by molar-refractivity contribution is 7.80. The van der Waals surface area contributed by atoms with Crippen LogP contribution in [-0.4, -0.2) is 122 Å². The first kappa shape index (κ1) is 32.2. The molecule has 0 N–H and O–H groups in total. The van der Waals surface area contributed by atoms with Crippen molar-refractivity contribution in [2.45, 2.75) is 6.42 Å². The number of hydrogen-bond donors (Lipinski definition) is 1. The Morgan fingerprint density at radius 1 is 0.647 bits per heavy atom. The van der Waals surface area contributed by atoms with Crippen LogP contribution in [0.2, 0.25) is 0 Å². The van der Waals surface area contributed by atoms with Crippen molar-refractivity contribution in [3.8, 4) is 0 Å². The lowest BCUT2D eigenvalue weighted by atomic mass is 10.3. The van der Waals surface area contributed by atoms with E-state index >= 15 is 0 Å². The molecule has 0 aromatic rings. The number of rotatable bonds is 26. The second kappa shape index (κ2) is 27.4. The highest BCUT2D eigenvalue weighted by Gasteiger charge is 2.13. The second-order valence-corrected chi connectivity index (χ2v) is 6.88. The average Bonchev–Trinajstić information content (AvgIpc) is 2.84. The van der Waals surface area contributed by atoms with E-state index in [0.717, 1.165) is 0 Å². The van der Waals surface area contributed by atoms with E-state index in [2.05, 4.69) is 32.7 Å². The van der Waals surface area contributed by atoms with Gasteiger partial charge < -0.3 is 33.3 Å². The molecule has 0 aliphatic carbocycles. The van der Waals surface area contributed by atoms with Gasteiger partial charge in [0.2, 0.25) is 5.91 Å². The molecule has 1 amide bonds. The highest BCUT2D eigenvalue weighted by atomic mass is 32.1. The van der Waals surface area contributed by atoms with Crippen molar-refractivity contribution in [2.24, 2.45) is 10.2 Å². The Balaban J connectivity index is 4.10. The molecule has 0 heterocycles. The number of carbonyl (C=O) groups excluding carboxylic acids is 1. The van der Waals surface area contributed by atoms with E-state index in [1.807, 2.05) is 0 Å². The minimum Gasteiger partial charge on any atom is -0.379 e. The van der Waals surface area contributed by atoms with Gasteiger partial charge in [-0.15, -0.1) is 0 Å². The van der Waals surface area contributed by atoms with Crippen LogP contribution in [0.5, 0.6) is 0 Å². The standard InChI is InChI=1S/C19H37N7O7S/c20-24-22-2-7-29-12-14-31-9-4-26(5-10-32-15-13-30-8-3-23-25-21)19(27)1-6-28-11-16-33-17-18-34/h34H,1-18H2. The summed E-state index contributed by atoms with van der Waals surface area (Å²) in [5, 5.41) is 6.75. The third kappa shape index (κ3) is 23.4. The number of thiol groups is 1. The molecule has 0 aliphatic heterocycles. The van der Waals surface area contributed by atoms with E-state index < -0.39 is 0 Å². The minimum atomic E-state index is -0.0558. The molecule has 0 aromatic heterocycles. The van der Waals surface area contributed by atoms with Crippen molar-refractivity contribution < 1.29 is 33.2 Å². The van der Waals surface area contributed by atoms with Crippen molar-refractivity contribution in [2.75, 3.05) is 111 Å². The summed E-state index contributed by atoms with van der Waals surface area (Å²) >= 11 is 4.06. The Kier molecular flexibility index (Phi) is 26.0. The number of azide groups is 2. The number of carbonyl (C=O) groups is 1. The lowest BCUT2D eigenvalue weighted by Gasteiger charge is -2.23. The van der Waals surface area contributed by atoms with Crippen LogP contribution < -0.4 is 0 Å². The normalized spacial score (nSPS) is 10.5. The van der Waals surface area contributed by atoms with Gasteiger partial charge in [-0.2, -0.15) is 12.6 Å². The van der Waals surface area contributed by atoms with Crippen LogP contribution in [0.25, 0.3) is 20.9 Å². The first-order valence-corrected chi connectivity index (χ1v) is 11.8. The highest BCUT2D eigenvalue weighted by Crippen LogP contribution is 1.98. The maximum Gasteiger partial charge on any atom is 0.225 e. The molecule has 0 aliphatic rings. The molecule has 14 nitrogen and oxygen atoms in total. The zero-order valence-corrected chi connectivity index (χ0v) is 20.6. The molecule has 34 heavy (non-hydrogen) atoms. The van der Waals surface area contributed by atoms with Gasteiger partial charge >= 0.3 is 0 Å². The Morgan fingerprint density at radius 3 is 1.50 bits per heavy atom.